The molecule has 0 unspecified atom stereocenters. The minimum absolute atomic E-state index is 0.139. The molecular weight excluding hydrogens is 673 g/mol. The minimum atomic E-state index is -3.78. The van der Waals surface area contributed by atoms with Gasteiger partial charge in [-0.2, -0.15) is 0 Å². The van der Waals surface area contributed by atoms with Crippen LogP contribution in [0.1, 0.15) is 97.6 Å². The molecule has 0 aromatic heterocycles. The molecule has 0 heterocycles. The van der Waals surface area contributed by atoms with E-state index in [1.165, 1.54) is 36.3 Å². The van der Waals surface area contributed by atoms with Crippen molar-refractivity contribution in [3.8, 4) is 0 Å². The van der Waals surface area contributed by atoms with Gasteiger partial charge in [0.2, 0.25) is 0 Å². The Labute approximate surface area is 270 Å². The summed E-state index contributed by atoms with van der Waals surface area (Å²) in [6.45, 7) is 21.3. The first-order chi connectivity index (χ1) is 20.2. The van der Waals surface area contributed by atoms with Crippen molar-refractivity contribution in [1.29, 1.82) is 0 Å². The molecular formula is C36H61NO3SSiSn. The number of nitrogens with zero attached hydrogens (tertiary/aromatic N) is 1. The van der Waals surface area contributed by atoms with Gasteiger partial charge in [0.25, 0.3) is 0 Å². The van der Waals surface area contributed by atoms with E-state index >= 15 is 0 Å². The molecule has 0 radical (unpaired) electrons. The van der Waals surface area contributed by atoms with Crippen molar-refractivity contribution >= 4 is 36.7 Å². The molecule has 0 aliphatic carbocycles. The van der Waals surface area contributed by atoms with Gasteiger partial charge in [0.05, 0.1) is 0 Å². The first-order valence-electron chi connectivity index (χ1n) is 16.7. The van der Waals surface area contributed by atoms with Gasteiger partial charge in [0, 0.05) is 0 Å². The Hall–Kier alpha value is -1.09. The van der Waals surface area contributed by atoms with Gasteiger partial charge in [0.15, 0.2) is 0 Å². The maximum atomic E-state index is 14.8. The van der Waals surface area contributed by atoms with Gasteiger partial charge >= 0.3 is 272 Å². The fourth-order valence-corrected chi connectivity index (χ4v) is 26.8. The summed E-state index contributed by atoms with van der Waals surface area (Å²) < 4.78 is 42.9. The molecule has 43 heavy (non-hydrogen) atoms. The van der Waals surface area contributed by atoms with Crippen molar-refractivity contribution in [2.45, 2.75) is 136 Å². The molecule has 4 nitrogen and oxygen atoms in total. The number of hydrogen-bond donors (Lipinski definition) is 0. The second-order valence-electron chi connectivity index (χ2n) is 13.9. The topological polar surface area (TPSA) is 46.6 Å². The Morgan fingerprint density at radius 2 is 1.37 bits per heavy atom. The van der Waals surface area contributed by atoms with Crippen LogP contribution in [-0.4, -0.2) is 46.0 Å². The number of aryl methyl sites for hydroxylation is 1. The van der Waals surface area contributed by atoms with Crippen LogP contribution in [0, 0.1) is 6.92 Å². The zero-order valence-corrected chi connectivity index (χ0v) is 33.5. The van der Waals surface area contributed by atoms with E-state index in [0.717, 1.165) is 36.8 Å². The van der Waals surface area contributed by atoms with E-state index in [-0.39, 0.29) is 5.04 Å². The summed E-state index contributed by atoms with van der Waals surface area (Å²) >= 11 is -3.26. The Balaban J connectivity index is 2.79. The zero-order chi connectivity index (χ0) is 32.2. The molecule has 2 rings (SSSR count). The molecule has 0 spiro atoms. The quantitative estimate of drug-likeness (QED) is 0.107. The second kappa shape index (κ2) is 17.6. The first-order valence-corrected chi connectivity index (χ1v) is 28.5. The van der Waals surface area contributed by atoms with Crippen LogP contribution in [-0.2, 0) is 21.0 Å². The van der Waals surface area contributed by atoms with Gasteiger partial charge in [0.1, 0.15) is 0 Å². The number of hydrogen-bond acceptors (Lipinski definition) is 3. The van der Waals surface area contributed by atoms with Crippen molar-refractivity contribution in [2.24, 2.45) is 0 Å². The number of unbranched alkanes of at least 4 members (excludes halogenated alkanes) is 3. The molecule has 0 fully saturated rings. The summed E-state index contributed by atoms with van der Waals surface area (Å²) in [4.78, 5) is 0.388. The van der Waals surface area contributed by atoms with E-state index in [2.05, 4.69) is 72.8 Å². The molecule has 2 aromatic carbocycles. The van der Waals surface area contributed by atoms with Gasteiger partial charge in [-0.3, -0.25) is 0 Å². The predicted octanol–water partition coefficient (Wildman–Crippen LogP) is 10.9. The third-order valence-corrected chi connectivity index (χ3v) is 31.8. The molecule has 0 saturated carbocycles. The predicted molar refractivity (Wildman–Crippen MR) is 191 cm³/mol. The third-order valence-electron chi connectivity index (χ3n) is 9.34. The molecule has 2 aromatic rings. The van der Waals surface area contributed by atoms with E-state index in [1.54, 1.807) is 12.1 Å². The number of benzene rings is 2. The molecule has 242 valence electrons. The van der Waals surface area contributed by atoms with Crippen molar-refractivity contribution in [3.63, 3.8) is 0 Å². The van der Waals surface area contributed by atoms with E-state index in [1.807, 2.05) is 41.6 Å². The van der Waals surface area contributed by atoms with Crippen LogP contribution in [0.15, 0.2) is 69.3 Å². The summed E-state index contributed by atoms with van der Waals surface area (Å²) in [5.41, 5.74) is 2.10. The second-order valence-corrected chi connectivity index (χ2v) is 33.6. The van der Waals surface area contributed by atoms with Crippen LogP contribution < -0.4 is 0 Å². The average Bonchev–Trinajstić information content (AvgIpc) is 2.96. The van der Waals surface area contributed by atoms with E-state index in [9.17, 15) is 8.42 Å². The standard InChI is InChI=1S/C24H34NO3SSi.3C4H9.Sn/c1-21-14-16-23(17-15-21)29(26,27)25(20-22-12-8-7-9-13-22)18-10-11-19-28-30(5,6)24(2,3)4;3*1-3-4-2;/h7-10,12-17H,11,19-20H2,1-6H3;3*1,3-4H2,2H3;. The SMILES string of the molecule is CCC[CH2][Sn]([CH2]CCC)([CH2]CCC)/[C](=C\CCO[Si](C)(C)C(C)(C)C)N(Cc1ccccc1)S(=O)(=O)c1ccc(C)cc1. The van der Waals surface area contributed by atoms with Gasteiger partial charge in [-0.15, -0.1) is 0 Å². The summed E-state index contributed by atoms with van der Waals surface area (Å²) in [6, 6.07) is 17.6. The zero-order valence-electron chi connectivity index (χ0n) is 28.8. The maximum absolute atomic E-state index is 14.8. The van der Waals surface area contributed by atoms with Crippen molar-refractivity contribution in [2.75, 3.05) is 6.61 Å². The summed E-state index contributed by atoms with van der Waals surface area (Å²) in [7, 11) is -5.69. The van der Waals surface area contributed by atoms with Gasteiger partial charge in [-0.1, -0.05) is 0 Å². The number of rotatable bonds is 19. The summed E-state index contributed by atoms with van der Waals surface area (Å²) in [6.07, 6.45) is 10.0. The molecule has 0 saturated heterocycles. The summed E-state index contributed by atoms with van der Waals surface area (Å²) in [5.74, 6) is 0. The van der Waals surface area contributed by atoms with Gasteiger partial charge in [-0.25, -0.2) is 0 Å². The molecule has 7 heteroatoms. The monoisotopic (exact) mass is 735 g/mol. The Morgan fingerprint density at radius 3 is 1.84 bits per heavy atom. The summed E-state index contributed by atoms with van der Waals surface area (Å²) in [5, 5.41) is 0.139. The van der Waals surface area contributed by atoms with E-state index in [0.29, 0.717) is 18.0 Å². The van der Waals surface area contributed by atoms with Crippen LogP contribution in [0.25, 0.3) is 0 Å². The van der Waals surface area contributed by atoms with Crippen molar-refractivity contribution in [1.82, 2.24) is 4.31 Å². The first kappa shape index (κ1) is 38.1. The Kier molecular flexibility index (Phi) is 15.6. The van der Waals surface area contributed by atoms with Gasteiger partial charge < -0.3 is 0 Å². The van der Waals surface area contributed by atoms with Crippen LogP contribution in [0.4, 0.5) is 0 Å². The molecule has 0 atom stereocenters. The fraction of sp³-hybridized carbons (Fsp3) is 0.611. The van der Waals surface area contributed by atoms with Gasteiger partial charge in [-0.05, 0) is 0 Å². The molecule has 0 bridgehead atoms. The molecule has 0 amide bonds. The Bertz CT molecular complexity index is 1200. The van der Waals surface area contributed by atoms with E-state index in [4.69, 9.17) is 4.43 Å². The fourth-order valence-electron chi connectivity index (χ4n) is 5.50. The Morgan fingerprint density at radius 1 is 0.860 bits per heavy atom. The van der Waals surface area contributed by atoms with Crippen molar-refractivity contribution in [3.05, 3.63) is 75.5 Å². The van der Waals surface area contributed by atoms with Crippen LogP contribution in [0.3, 0.4) is 0 Å². The molecule has 0 N–H and O–H groups in total. The van der Waals surface area contributed by atoms with Crippen LogP contribution in [0.2, 0.25) is 31.4 Å². The van der Waals surface area contributed by atoms with Crippen LogP contribution in [0.5, 0.6) is 0 Å². The van der Waals surface area contributed by atoms with Crippen LogP contribution >= 0.6 is 0 Å². The third kappa shape index (κ3) is 11.0. The average molecular weight is 735 g/mol. The number of sulfonamides is 1. The van der Waals surface area contributed by atoms with Crippen molar-refractivity contribution < 1.29 is 12.8 Å². The normalized spacial score (nSPS) is 13.4. The van der Waals surface area contributed by atoms with E-state index < -0.39 is 36.7 Å². The molecule has 0 aliphatic heterocycles. The molecule has 0 aliphatic rings.